The lowest BCUT2D eigenvalue weighted by atomic mass is 9.88. The molecule has 2 heteroatoms. The topological polar surface area (TPSA) is 12.0 Å². The average Bonchev–Trinajstić information content (AvgIpc) is 2.61. The van der Waals surface area contributed by atoms with Crippen LogP contribution in [0.15, 0.2) is 42.5 Å². The average molecular weight is 269 g/mol. The van der Waals surface area contributed by atoms with Crippen LogP contribution in [0.25, 0.3) is 0 Å². The third kappa shape index (κ3) is 2.61. The minimum atomic E-state index is -0.121. The summed E-state index contributed by atoms with van der Waals surface area (Å²) in [6.07, 6.45) is 2.97. The highest BCUT2D eigenvalue weighted by molar-refractivity contribution is 5.42. The molecule has 2 aromatic carbocycles. The number of rotatable bonds is 3. The predicted molar refractivity (Wildman–Crippen MR) is 80.6 cm³/mol. The summed E-state index contributed by atoms with van der Waals surface area (Å²) >= 11 is 0. The fourth-order valence-electron chi connectivity index (χ4n) is 3.19. The molecule has 1 atom stereocenters. The van der Waals surface area contributed by atoms with Crippen LogP contribution in [-0.4, -0.2) is 13.6 Å². The van der Waals surface area contributed by atoms with Crippen molar-refractivity contribution in [2.75, 3.05) is 13.6 Å². The molecular weight excluding hydrogens is 249 g/mol. The monoisotopic (exact) mass is 269 g/mol. The summed E-state index contributed by atoms with van der Waals surface area (Å²) in [5, 5.41) is 3.21. The van der Waals surface area contributed by atoms with E-state index in [2.05, 4.69) is 29.6 Å². The maximum Gasteiger partial charge on any atom is 0.123 e. The van der Waals surface area contributed by atoms with Gasteiger partial charge in [0, 0.05) is 0 Å². The zero-order valence-electron chi connectivity index (χ0n) is 11.8. The Bertz CT molecular complexity index is 606. The molecule has 0 spiro atoms. The standard InChI is InChI=1S/C18H20FN/c1-20-9-8-16-11-14-5-3-2-4-13(14)10-15-6-7-17(19)12-18(15)16/h2-7,12,16,20H,8-11H2,1H3. The van der Waals surface area contributed by atoms with Crippen molar-refractivity contribution < 1.29 is 4.39 Å². The molecule has 20 heavy (non-hydrogen) atoms. The molecule has 0 amide bonds. The molecule has 0 saturated carbocycles. The first kappa shape index (κ1) is 13.3. The van der Waals surface area contributed by atoms with Crippen molar-refractivity contribution in [3.05, 3.63) is 70.5 Å². The van der Waals surface area contributed by atoms with E-state index in [0.29, 0.717) is 5.92 Å². The molecule has 0 bridgehead atoms. The molecule has 0 saturated heterocycles. The van der Waals surface area contributed by atoms with Gasteiger partial charge in [-0.15, -0.1) is 0 Å². The first-order valence-electron chi connectivity index (χ1n) is 7.27. The van der Waals surface area contributed by atoms with Crippen LogP contribution >= 0.6 is 0 Å². The third-order valence-corrected chi connectivity index (χ3v) is 4.26. The molecule has 1 aliphatic carbocycles. The highest BCUT2D eigenvalue weighted by Gasteiger charge is 2.21. The number of benzene rings is 2. The van der Waals surface area contributed by atoms with Gasteiger partial charge in [-0.3, -0.25) is 0 Å². The molecule has 0 fully saturated rings. The van der Waals surface area contributed by atoms with E-state index in [9.17, 15) is 4.39 Å². The van der Waals surface area contributed by atoms with E-state index >= 15 is 0 Å². The minimum absolute atomic E-state index is 0.121. The summed E-state index contributed by atoms with van der Waals surface area (Å²) in [6, 6.07) is 13.9. The van der Waals surface area contributed by atoms with Crippen LogP contribution in [0, 0.1) is 5.82 Å². The maximum absolute atomic E-state index is 13.6. The highest BCUT2D eigenvalue weighted by atomic mass is 19.1. The van der Waals surface area contributed by atoms with E-state index in [1.807, 2.05) is 13.1 Å². The molecule has 1 unspecified atom stereocenters. The molecule has 0 radical (unpaired) electrons. The van der Waals surface area contributed by atoms with Crippen molar-refractivity contribution in [1.29, 1.82) is 0 Å². The Morgan fingerprint density at radius 3 is 2.70 bits per heavy atom. The second kappa shape index (κ2) is 5.76. The van der Waals surface area contributed by atoms with Crippen LogP contribution in [0.2, 0.25) is 0 Å². The summed E-state index contributed by atoms with van der Waals surface area (Å²) < 4.78 is 13.6. The Hall–Kier alpha value is -1.67. The Morgan fingerprint density at radius 2 is 1.90 bits per heavy atom. The first-order valence-corrected chi connectivity index (χ1v) is 7.27. The van der Waals surface area contributed by atoms with Crippen LogP contribution in [0.4, 0.5) is 4.39 Å². The van der Waals surface area contributed by atoms with Crippen molar-refractivity contribution in [2.24, 2.45) is 0 Å². The summed E-state index contributed by atoms with van der Waals surface area (Å²) in [7, 11) is 1.97. The Balaban J connectivity index is 2.04. The molecule has 1 aliphatic rings. The van der Waals surface area contributed by atoms with Gasteiger partial charge in [-0.2, -0.15) is 0 Å². The number of fused-ring (bicyclic) bond motifs is 2. The van der Waals surface area contributed by atoms with Gasteiger partial charge in [-0.25, -0.2) is 4.39 Å². The van der Waals surface area contributed by atoms with Gasteiger partial charge in [0.25, 0.3) is 0 Å². The quantitative estimate of drug-likeness (QED) is 0.896. The molecule has 3 rings (SSSR count). The molecule has 0 heterocycles. The Kier molecular flexibility index (Phi) is 3.83. The largest absolute Gasteiger partial charge is 0.320 e. The zero-order chi connectivity index (χ0) is 13.9. The zero-order valence-corrected chi connectivity index (χ0v) is 11.8. The van der Waals surface area contributed by atoms with Crippen molar-refractivity contribution in [3.8, 4) is 0 Å². The molecule has 1 nitrogen and oxygen atoms in total. The van der Waals surface area contributed by atoms with Gasteiger partial charge in [0.1, 0.15) is 5.82 Å². The molecule has 1 N–H and O–H groups in total. The molecule has 0 aromatic heterocycles. The highest BCUT2D eigenvalue weighted by Crippen LogP contribution is 2.34. The first-order chi connectivity index (χ1) is 9.78. The number of hydrogen-bond donors (Lipinski definition) is 1. The minimum Gasteiger partial charge on any atom is -0.320 e. The van der Waals surface area contributed by atoms with E-state index in [1.165, 1.54) is 22.3 Å². The van der Waals surface area contributed by atoms with Gasteiger partial charge < -0.3 is 5.32 Å². The van der Waals surface area contributed by atoms with E-state index in [4.69, 9.17) is 0 Å². The summed E-state index contributed by atoms with van der Waals surface area (Å²) in [5.41, 5.74) is 5.26. The summed E-state index contributed by atoms with van der Waals surface area (Å²) in [4.78, 5) is 0. The van der Waals surface area contributed by atoms with Crippen molar-refractivity contribution >= 4 is 0 Å². The molecule has 2 aromatic rings. The van der Waals surface area contributed by atoms with Gasteiger partial charge >= 0.3 is 0 Å². The number of halogens is 1. The number of nitrogens with one attached hydrogen (secondary N) is 1. The fourth-order valence-corrected chi connectivity index (χ4v) is 3.19. The molecule has 104 valence electrons. The second-order valence-electron chi connectivity index (χ2n) is 5.58. The van der Waals surface area contributed by atoms with Gasteiger partial charge in [0.15, 0.2) is 0 Å². The van der Waals surface area contributed by atoms with Crippen LogP contribution in [-0.2, 0) is 12.8 Å². The third-order valence-electron chi connectivity index (χ3n) is 4.26. The number of hydrogen-bond acceptors (Lipinski definition) is 1. The van der Waals surface area contributed by atoms with Crippen LogP contribution in [0.1, 0.15) is 34.6 Å². The SMILES string of the molecule is CNCCC1Cc2ccccc2Cc2ccc(F)cc21. The lowest BCUT2D eigenvalue weighted by molar-refractivity contribution is 0.581. The van der Waals surface area contributed by atoms with Gasteiger partial charge in [0.05, 0.1) is 0 Å². The van der Waals surface area contributed by atoms with Gasteiger partial charge in [-0.05, 0) is 73.2 Å². The summed E-state index contributed by atoms with van der Waals surface area (Å²) in [6.45, 7) is 0.961. The second-order valence-corrected chi connectivity index (χ2v) is 5.58. The normalized spacial score (nSPS) is 17.2. The van der Waals surface area contributed by atoms with E-state index < -0.39 is 0 Å². The van der Waals surface area contributed by atoms with Crippen molar-refractivity contribution in [3.63, 3.8) is 0 Å². The van der Waals surface area contributed by atoms with E-state index in [-0.39, 0.29) is 5.82 Å². The van der Waals surface area contributed by atoms with Gasteiger partial charge in [0.2, 0.25) is 0 Å². The molecule has 0 aliphatic heterocycles. The molecular formula is C18H20FN. The van der Waals surface area contributed by atoms with Crippen molar-refractivity contribution in [1.82, 2.24) is 5.32 Å². The van der Waals surface area contributed by atoms with E-state index in [0.717, 1.165) is 25.8 Å². The van der Waals surface area contributed by atoms with Gasteiger partial charge in [-0.1, -0.05) is 30.3 Å². The lowest BCUT2D eigenvalue weighted by Crippen LogP contribution is -2.14. The predicted octanol–water partition coefficient (Wildman–Crippen LogP) is 3.67. The maximum atomic E-state index is 13.6. The Labute approximate surface area is 119 Å². The van der Waals surface area contributed by atoms with Crippen LogP contribution in [0.5, 0.6) is 0 Å². The van der Waals surface area contributed by atoms with Crippen molar-refractivity contribution in [2.45, 2.75) is 25.2 Å². The lowest BCUT2D eigenvalue weighted by Gasteiger charge is -2.18. The van der Waals surface area contributed by atoms with E-state index in [1.54, 1.807) is 12.1 Å². The van der Waals surface area contributed by atoms with Crippen LogP contribution < -0.4 is 5.32 Å². The van der Waals surface area contributed by atoms with Crippen LogP contribution in [0.3, 0.4) is 0 Å². The Morgan fingerprint density at radius 1 is 1.10 bits per heavy atom. The fraction of sp³-hybridized carbons (Fsp3) is 0.333. The smallest absolute Gasteiger partial charge is 0.123 e. The summed E-state index contributed by atoms with van der Waals surface area (Å²) in [5.74, 6) is 0.279.